The van der Waals surface area contributed by atoms with E-state index >= 15 is 0 Å². The van der Waals surface area contributed by atoms with Crippen LogP contribution in [0, 0.1) is 0 Å². The summed E-state index contributed by atoms with van der Waals surface area (Å²) in [4.78, 5) is 11.0. The second kappa shape index (κ2) is 4.68. The molecule has 0 aliphatic heterocycles. The van der Waals surface area contributed by atoms with Gasteiger partial charge in [-0.1, -0.05) is 26.2 Å². The molecule has 0 spiro atoms. The van der Waals surface area contributed by atoms with Crippen LogP contribution in [0.25, 0.3) is 0 Å². The lowest BCUT2D eigenvalue weighted by Gasteiger charge is -2.23. The average molecular weight is 222 g/mol. The molecule has 1 heterocycles. The minimum absolute atomic E-state index is 0.369. The zero-order valence-corrected chi connectivity index (χ0v) is 9.65. The van der Waals surface area contributed by atoms with Gasteiger partial charge in [0.25, 0.3) is 0 Å². The van der Waals surface area contributed by atoms with E-state index in [1.807, 2.05) is 11.6 Å². The van der Waals surface area contributed by atoms with Crippen LogP contribution in [0.3, 0.4) is 0 Å². The number of rotatable bonds is 3. The van der Waals surface area contributed by atoms with Crippen LogP contribution in [0.2, 0.25) is 0 Å². The van der Waals surface area contributed by atoms with E-state index in [9.17, 15) is 4.79 Å². The summed E-state index contributed by atoms with van der Waals surface area (Å²) in [6.45, 7) is 1.99. The Hall–Kier alpha value is -1.32. The van der Waals surface area contributed by atoms with Crippen molar-refractivity contribution in [3.63, 3.8) is 0 Å². The van der Waals surface area contributed by atoms with E-state index in [0.29, 0.717) is 11.6 Å². The van der Waals surface area contributed by atoms with Crippen molar-refractivity contribution in [3.05, 3.63) is 17.5 Å². The van der Waals surface area contributed by atoms with Crippen molar-refractivity contribution in [2.24, 2.45) is 0 Å². The van der Waals surface area contributed by atoms with E-state index in [1.54, 1.807) is 0 Å². The summed E-state index contributed by atoms with van der Waals surface area (Å²) < 4.78 is 1.95. The SMILES string of the molecule is CCc1c(C(=O)O)cnn1C1CCCCC1. The van der Waals surface area contributed by atoms with Crippen molar-refractivity contribution >= 4 is 5.97 Å². The summed E-state index contributed by atoms with van der Waals surface area (Å²) in [7, 11) is 0. The van der Waals surface area contributed by atoms with Gasteiger partial charge >= 0.3 is 5.97 Å². The quantitative estimate of drug-likeness (QED) is 0.855. The van der Waals surface area contributed by atoms with E-state index in [4.69, 9.17) is 5.11 Å². The maximum atomic E-state index is 11.0. The van der Waals surface area contributed by atoms with E-state index in [0.717, 1.165) is 25.0 Å². The number of carboxylic acid groups (broad SMARTS) is 1. The number of nitrogens with zero attached hydrogens (tertiary/aromatic N) is 2. The molecule has 1 saturated carbocycles. The second-order valence-electron chi connectivity index (χ2n) is 4.40. The predicted molar refractivity (Wildman–Crippen MR) is 60.7 cm³/mol. The van der Waals surface area contributed by atoms with Crippen LogP contribution < -0.4 is 0 Å². The Morgan fingerprint density at radius 3 is 2.75 bits per heavy atom. The molecule has 1 aromatic rings. The van der Waals surface area contributed by atoms with Crippen molar-refractivity contribution in [2.75, 3.05) is 0 Å². The van der Waals surface area contributed by atoms with Gasteiger partial charge in [0.2, 0.25) is 0 Å². The molecule has 2 rings (SSSR count). The minimum atomic E-state index is -0.862. The van der Waals surface area contributed by atoms with Gasteiger partial charge in [-0.2, -0.15) is 5.10 Å². The molecule has 0 bridgehead atoms. The van der Waals surface area contributed by atoms with E-state index in [1.165, 1.54) is 25.5 Å². The molecule has 0 radical (unpaired) electrons. The lowest BCUT2D eigenvalue weighted by Crippen LogP contribution is -2.17. The summed E-state index contributed by atoms with van der Waals surface area (Å²) in [6.07, 6.45) is 8.26. The molecule has 0 saturated heterocycles. The van der Waals surface area contributed by atoms with Crippen molar-refractivity contribution in [1.29, 1.82) is 0 Å². The fourth-order valence-corrected chi connectivity index (χ4v) is 2.56. The largest absolute Gasteiger partial charge is 0.478 e. The lowest BCUT2D eigenvalue weighted by molar-refractivity contribution is 0.0695. The summed E-state index contributed by atoms with van der Waals surface area (Å²) in [5.41, 5.74) is 1.24. The van der Waals surface area contributed by atoms with Crippen molar-refractivity contribution in [1.82, 2.24) is 9.78 Å². The van der Waals surface area contributed by atoms with Gasteiger partial charge in [-0.05, 0) is 19.3 Å². The fraction of sp³-hybridized carbons (Fsp3) is 0.667. The third-order valence-electron chi connectivity index (χ3n) is 3.38. The van der Waals surface area contributed by atoms with Crippen molar-refractivity contribution in [3.8, 4) is 0 Å². The first-order chi connectivity index (χ1) is 7.74. The molecule has 1 aliphatic carbocycles. The highest BCUT2D eigenvalue weighted by Gasteiger charge is 2.22. The number of aromatic nitrogens is 2. The van der Waals surface area contributed by atoms with E-state index in [2.05, 4.69) is 5.10 Å². The van der Waals surface area contributed by atoms with E-state index < -0.39 is 5.97 Å². The molecule has 4 heteroatoms. The molecule has 1 aromatic heterocycles. The van der Waals surface area contributed by atoms with Crippen molar-refractivity contribution in [2.45, 2.75) is 51.5 Å². The van der Waals surface area contributed by atoms with Gasteiger partial charge in [0.15, 0.2) is 0 Å². The van der Waals surface area contributed by atoms with Crippen LogP contribution in [0.4, 0.5) is 0 Å². The van der Waals surface area contributed by atoms with Gasteiger partial charge in [0, 0.05) is 0 Å². The molecule has 0 amide bonds. The molecule has 1 fully saturated rings. The molecule has 1 N–H and O–H groups in total. The molecule has 1 aliphatic rings. The first-order valence-electron chi connectivity index (χ1n) is 6.03. The number of carbonyl (C=O) groups is 1. The maximum Gasteiger partial charge on any atom is 0.339 e. The fourth-order valence-electron chi connectivity index (χ4n) is 2.56. The zero-order chi connectivity index (χ0) is 11.5. The Bertz CT molecular complexity index is 378. The summed E-state index contributed by atoms with van der Waals surface area (Å²) in [5.74, 6) is -0.862. The first-order valence-corrected chi connectivity index (χ1v) is 6.03. The zero-order valence-electron chi connectivity index (χ0n) is 9.65. The second-order valence-corrected chi connectivity index (χ2v) is 4.40. The molecule has 0 aromatic carbocycles. The Balaban J connectivity index is 2.29. The number of carboxylic acids is 1. The highest BCUT2D eigenvalue weighted by molar-refractivity contribution is 5.88. The first kappa shape index (κ1) is 11.2. The van der Waals surface area contributed by atoms with Crippen LogP contribution in [0.5, 0.6) is 0 Å². The number of hydrogen-bond donors (Lipinski definition) is 1. The summed E-state index contributed by atoms with van der Waals surface area (Å²) in [6, 6.07) is 0.414. The molecule has 4 nitrogen and oxygen atoms in total. The van der Waals surface area contributed by atoms with Crippen molar-refractivity contribution < 1.29 is 9.90 Å². The number of aromatic carboxylic acids is 1. The smallest absolute Gasteiger partial charge is 0.339 e. The molecule has 0 unspecified atom stereocenters. The highest BCUT2D eigenvalue weighted by atomic mass is 16.4. The highest BCUT2D eigenvalue weighted by Crippen LogP contribution is 2.29. The topological polar surface area (TPSA) is 55.1 Å². The molecular formula is C12H18N2O2. The van der Waals surface area contributed by atoms with Crippen LogP contribution in [0.1, 0.15) is 61.1 Å². The Morgan fingerprint density at radius 1 is 1.50 bits per heavy atom. The van der Waals surface area contributed by atoms with Gasteiger partial charge < -0.3 is 5.11 Å². The summed E-state index contributed by atoms with van der Waals surface area (Å²) >= 11 is 0. The maximum absolute atomic E-state index is 11.0. The Morgan fingerprint density at radius 2 is 2.19 bits per heavy atom. The van der Waals surface area contributed by atoms with Gasteiger partial charge in [-0.15, -0.1) is 0 Å². The normalized spacial score (nSPS) is 17.6. The van der Waals surface area contributed by atoms with Crippen LogP contribution in [-0.2, 0) is 6.42 Å². The summed E-state index contributed by atoms with van der Waals surface area (Å²) in [5, 5.41) is 13.3. The minimum Gasteiger partial charge on any atom is -0.478 e. The van der Waals surface area contributed by atoms with Crippen LogP contribution in [-0.4, -0.2) is 20.9 Å². The predicted octanol–water partition coefficient (Wildman–Crippen LogP) is 2.65. The van der Waals surface area contributed by atoms with Gasteiger partial charge in [-0.25, -0.2) is 4.79 Å². The Kier molecular flexibility index (Phi) is 3.27. The van der Waals surface area contributed by atoms with E-state index in [-0.39, 0.29) is 0 Å². The third kappa shape index (κ3) is 1.96. The third-order valence-corrected chi connectivity index (χ3v) is 3.38. The molecular weight excluding hydrogens is 204 g/mol. The molecule has 0 atom stereocenters. The van der Waals surface area contributed by atoms with Gasteiger partial charge in [-0.3, -0.25) is 4.68 Å². The van der Waals surface area contributed by atoms with Crippen LogP contribution in [0.15, 0.2) is 6.20 Å². The average Bonchev–Trinajstić information content (AvgIpc) is 2.73. The van der Waals surface area contributed by atoms with Crippen LogP contribution >= 0.6 is 0 Å². The molecule has 88 valence electrons. The monoisotopic (exact) mass is 222 g/mol. The number of hydrogen-bond acceptors (Lipinski definition) is 2. The van der Waals surface area contributed by atoms with Gasteiger partial charge in [0.1, 0.15) is 5.56 Å². The lowest BCUT2D eigenvalue weighted by atomic mass is 9.95. The van der Waals surface area contributed by atoms with Gasteiger partial charge in [0.05, 0.1) is 17.9 Å². The standard InChI is InChI=1S/C12H18N2O2/c1-2-11-10(12(15)16)8-13-14(11)9-6-4-3-5-7-9/h8-9H,2-7H2,1H3,(H,15,16). The Labute approximate surface area is 95.3 Å². The molecule has 16 heavy (non-hydrogen) atoms.